The summed E-state index contributed by atoms with van der Waals surface area (Å²) in [6, 6.07) is 0. The van der Waals surface area contributed by atoms with Gasteiger partial charge in [0.1, 0.15) is 6.54 Å². The number of aromatic nitrogens is 4. The van der Waals surface area contributed by atoms with Crippen molar-refractivity contribution < 1.29 is 19.4 Å². The highest BCUT2D eigenvalue weighted by Crippen LogP contribution is 2.14. The number of rotatable bonds is 6. The molecule has 0 bridgehead atoms. The van der Waals surface area contributed by atoms with E-state index in [-0.39, 0.29) is 18.9 Å². The van der Waals surface area contributed by atoms with Gasteiger partial charge in [-0.15, -0.1) is 5.10 Å². The number of nitrogens with zero attached hydrogens (tertiary/aromatic N) is 4. The summed E-state index contributed by atoms with van der Waals surface area (Å²) in [5, 5.41) is 19.4. The number of carboxylic acid groups (broad SMARTS) is 1. The van der Waals surface area contributed by atoms with Crippen LogP contribution in [0, 0.1) is 0 Å². The average molecular weight is 246 g/mol. The smallest absolute Gasteiger partial charge is 0.325 e. The second-order valence-corrected chi connectivity index (χ2v) is 3.75. The van der Waals surface area contributed by atoms with Crippen LogP contribution in [0.1, 0.15) is 6.42 Å². The number of hydrogen-bond acceptors (Lipinski definition) is 7. The highest BCUT2D eigenvalue weighted by Gasteiger charge is 2.10. The second kappa shape index (κ2) is 6.05. The van der Waals surface area contributed by atoms with Gasteiger partial charge in [0.2, 0.25) is 5.16 Å². The van der Waals surface area contributed by atoms with Crippen LogP contribution in [0.25, 0.3) is 0 Å². The van der Waals surface area contributed by atoms with Crippen molar-refractivity contribution >= 4 is 23.7 Å². The molecule has 1 aromatic heterocycles. The largest absolute Gasteiger partial charge is 0.480 e. The average Bonchev–Trinajstić information content (AvgIpc) is 2.64. The number of hydrogen-bond donors (Lipinski definition) is 1. The number of tetrazole rings is 1. The van der Waals surface area contributed by atoms with Crippen molar-refractivity contribution in [3.05, 3.63) is 0 Å². The summed E-state index contributed by atoms with van der Waals surface area (Å²) in [5.74, 6) is -0.918. The molecule has 0 unspecified atom stereocenters. The Kier molecular flexibility index (Phi) is 4.70. The lowest BCUT2D eigenvalue weighted by Crippen LogP contribution is -2.11. The van der Waals surface area contributed by atoms with Crippen molar-refractivity contribution in [3.8, 4) is 0 Å². The number of carbonyl (C=O) groups excluding carboxylic acids is 1. The number of methoxy groups -OCH3 is 1. The maximum atomic E-state index is 10.8. The fourth-order valence-electron chi connectivity index (χ4n) is 0.855. The van der Waals surface area contributed by atoms with Crippen LogP contribution in [-0.2, 0) is 20.9 Å². The Hall–Kier alpha value is -1.64. The molecule has 1 N–H and O–H groups in total. The summed E-state index contributed by atoms with van der Waals surface area (Å²) in [7, 11) is 1.31. The van der Waals surface area contributed by atoms with Crippen molar-refractivity contribution in [1.29, 1.82) is 0 Å². The van der Waals surface area contributed by atoms with Crippen LogP contribution in [-0.4, -0.2) is 50.1 Å². The lowest BCUT2D eigenvalue weighted by atomic mass is 10.5. The zero-order chi connectivity index (χ0) is 12.0. The first-order valence-electron chi connectivity index (χ1n) is 4.31. The van der Waals surface area contributed by atoms with E-state index in [2.05, 4.69) is 20.3 Å². The van der Waals surface area contributed by atoms with E-state index in [1.807, 2.05) is 0 Å². The Labute approximate surface area is 95.0 Å². The van der Waals surface area contributed by atoms with E-state index in [1.54, 1.807) is 0 Å². The van der Waals surface area contributed by atoms with Crippen molar-refractivity contribution in [2.24, 2.45) is 0 Å². The summed E-state index contributed by atoms with van der Waals surface area (Å²) in [4.78, 5) is 21.3. The van der Waals surface area contributed by atoms with E-state index in [4.69, 9.17) is 5.11 Å². The maximum Gasteiger partial charge on any atom is 0.325 e. The van der Waals surface area contributed by atoms with Crippen molar-refractivity contribution in [3.63, 3.8) is 0 Å². The lowest BCUT2D eigenvalue weighted by Gasteiger charge is -2.00. The minimum Gasteiger partial charge on any atom is -0.480 e. The molecule has 0 saturated heterocycles. The molecule has 1 heterocycles. The Morgan fingerprint density at radius 1 is 1.56 bits per heavy atom. The van der Waals surface area contributed by atoms with Gasteiger partial charge in [-0.05, 0) is 10.4 Å². The lowest BCUT2D eigenvalue weighted by molar-refractivity contribution is -0.140. The zero-order valence-corrected chi connectivity index (χ0v) is 9.31. The van der Waals surface area contributed by atoms with Gasteiger partial charge in [-0.3, -0.25) is 9.59 Å². The van der Waals surface area contributed by atoms with Crippen LogP contribution in [0.5, 0.6) is 0 Å². The minimum atomic E-state index is -1.03. The van der Waals surface area contributed by atoms with E-state index >= 15 is 0 Å². The van der Waals surface area contributed by atoms with Crippen molar-refractivity contribution in [2.75, 3.05) is 12.9 Å². The molecular weight excluding hydrogens is 236 g/mol. The number of carbonyl (C=O) groups is 2. The van der Waals surface area contributed by atoms with E-state index < -0.39 is 5.97 Å². The monoisotopic (exact) mass is 246 g/mol. The second-order valence-electron chi connectivity index (χ2n) is 2.69. The molecule has 0 aromatic carbocycles. The number of ether oxygens (including phenoxy) is 1. The standard InChI is InChI=1S/C7H10N4O4S/c1-15-6(14)2-3-16-7-8-9-10-11(7)4-5(12)13/h2-4H2,1H3,(H,12,13). The normalized spacial score (nSPS) is 10.1. The van der Waals surface area contributed by atoms with Crippen LogP contribution in [0.2, 0.25) is 0 Å². The molecule has 88 valence electrons. The van der Waals surface area contributed by atoms with Gasteiger partial charge in [-0.25, -0.2) is 4.68 Å². The van der Waals surface area contributed by atoms with Gasteiger partial charge in [-0.2, -0.15) is 0 Å². The predicted octanol–water partition coefficient (Wildman–Crippen LogP) is -0.587. The van der Waals surface area contributed by atoms with E-state index in [0.29, 0.717) is 10.9 Å². The van der Waals surface area contributed by atoms with E-state index in [0.717, 1.165) is 4.68 Å². The number of esters is 1. The molecule has 16 heavy (non-hydrogen) atoms. The van der Waals surface area contributed by atoms with Gasteiger partial charge in [0, 0.05) is 5.75 Å². The third-order valence-electron chi connectivity index (χ3n) is 1.55. The quantitative estimate of drug-likeness (QED) is 0.524. The van der Waals surface area contributed by atoms with Gasteiger partial charge < -0.3 is 9.84 Å². The Morgan fingerprint density at radius 2 is 2.31 bits per heavy atom. The first-order valence-corrected chi connectivity index (χ1v) is 5.29. The molecule has 0 amide bonds. The number of aliphatic carboxylic acids is 1. The van der Waals surface area contributed by atoms with E-state index in [9.17, 15) is 9.59 Å². The van der Waals surface area contributed by atoms with Gasteiger partial charge in [0.05, 0.1) is 13.5 Å². The molecule has 0 spiro atoms. The van der Waals surface area contributed by atoms with Crippen LogP contribution in [0.15, 0.2) is 5.16 Å². The fourth-order valence-corrected chi connectivity index (χ4v) is 1.65. The van der Waals surface area contributed by atoms with Gasteiger partial charge in [0.25, 0.3) is 0 Å². The first-order chi connectivity index (χ1) is 7.63. The summed E-state index contributed by atoms with van der Waals surface area (Å²) < 4.78 is 5.62. The van der Waals surface area contributed by atoms with Crippen LogP contribution in [0.4, 0.5) is 0 Å². The molecule has 0 aliphatic rings. The van der Waals surface area contributed by atoms with Crippen molar-refractivity contribution in [1.82, 2.24) is 20.2 Å². The summed E-state index contributed by atoms with van der Waals surface area (Å²) >= 11 is 1.20. The predicted molar refractivity (Wildman–Crippen MR) is 52.8 cm³/mol. The highest BCUT2D eigenvalue weighted by molar-refractivity contribution is 7.99. The SMILES string of the molecule is COC(=O)CCSc1nnnn1CC(=O)O. The molecule has 0 fully saturated rings. The molecule has 9 heteroatoms. The van der Waals surface area contributed by atoms with Gasteiger partial charge >= 0.3 is 11.9 Å². The fraction of sp³-hybridized carbons (Fsp3) is 0.571. The molecule has 8 nitrogen and oxygen atoms in total. The Bertz CT molecular complexity index is 380. The third-order valence-corrected chi connectivity index (χ3v) is 2.51. The molecule has 1 rings (SSSR count). The highest BCUT2D eigenvalue weighted by atomic mass is 32.2. The molecule has 1 aromatic rings. The number of thioether (sulfide) groups is 1. The summed E-state index contributed by atoms with van der Waals surface area (Å²) in [6.45, 7) is -0.298. The molecule has 0 atom stereocenters. The molecule has 0 aliphatic heterocycles. The van der Waals surface area contributed by atoms with Crippen LogP contribution in [0.3, 0.4) is 0 Å². The first kappa shape index (κ1) is 12.4. The summed E-state index contributed by atoms with van der Waals surface area (Å²) in [6.07, 6.45) is 0.223. The van der Waals surface area contributed by atoms with E-state index in [1.165, 1.54) is 18.9 Å². The third kappa shape index (κ3) is 3.85. The van der Waals surface area contributed by atoms with Crippen molar-refractivity contribution in [2.45, 2.75) is 18.1 Å². The van der Waals surface area contributed by atoms with Crippen LogP contribution >= 0.6 is 11.8 Å². The molecule has 0 radical (unpaired) electrons. The Balaban J connectivity index is 2.44. The molecular formula is C7H10N4O4S. The zero-order valence-electron chi connectivity index (χ0n) is 8.49. The van der Waals surface area contributed by atoms with Gasteiger partial charge in [-0.1, -0.05) is 11.8 Å². The number of carboxylic acids is 1. The van der Waals surface area contributed by atoms with Crippen LogP contribution < -0.4 is 0 Å². The van der Waals surface area contributed by atoms with Gasteiger partial charge in [0.15, 0.2) is 0 Å². The summed E-state index contributed by atoms with van der Waals surface area (Å²) in [5.41, 5.74) is 0. The Morgan fingerprint density at radius 3 is 2.94 bits per heavy atom. The molecule has 0 aliphatic carbocycles. The minimum absolute atomic E-state index is 0.223. The molecule has 0 saturated carbocycles. The maximum absolute atomic E-state index is 10.8. The topological polar surface area (TPSA) is 107 Å².